The van der Waals surface area contributed by atoms with Crippen molar-refractivity contribution in [2.45, 2.75) is 65.3 Å². The summed E-state index contributed by atoms with van der Waals surface area (Å²) >= 11 is 0. The van der Waals surface area contributed by atoms with E-state index in [1.807, 2.05) is 6.92 Å². The van der Waals surface area contributed by atoms with Crippen molar-refractivity contribution >= 4 is 11.9 Å². The minimum absolute atomic E-state index is 0.0585. The Bertz CT molecular complexity index is 291. The summed E-state index contributed by atoms with van der Waals surface area (Å²) in [5.74, 6) is -2.66. The smallest absolute Gasteiger partial charge is 0.326 e. The maximum absolute atomic E-state index is 11.7. The van der Waals surface area contributed by atoms with E-state index in [0.29, 0.717) is 26.1 Å². The van der Waals surface area contributed by atoms with Gasteiger partial charge >= 0.3 is 17.9 Å². The molecule has 0 aliphatic heterocycles. The normalized spacial score (nSPS) is 13.8. The van der Waals surface area contributed by atoms with Crippen molar-refractivity contribution in [3.63, 3.8) is 0 Å². The Labute approximate surface area is 120 Å². The number of aliphatic carboxylic acids is 1. The molecule has 0 amide bonds. The lowest BCUT2D eigenvalue weighted by Crippen LogP contribution is -2.38. The molecule has 0 saturated heterocycles. The zero-order valence-corrected chi connectivity index (χ0v) is 12.6. The summed E-state index contributed by atoms with van der Waals surface area (Å²) in [4.78, 5) is 22.0. The Morgan fingerprint density at radius 3 is 2.25 bits per heavy atom. The number of unbranched alkanes of at least 4 members (excludes halogenated alkanes) is 2. The highest BCUT2D eigenvalue weighted by Crippen LogP contribution is 2.17. The van der Waals surface area contributed by atoms with Crippen LogP contribution >= 0.6 is 0 Å². The van der Waals surface area contributed by atoms with Crippen LogP contribution < -0.4 is 0 Å². The minimum Gasteiger partial charge on any atom is -0.481 e. The quantitative estimate of drug-likeness (QED) is 0.338. The largest absolute Gasteiger partial charge is 0.481 e. The predicted octanol–water partition coefficient (Wildman–Crippen LogP) is 2.70. The van der Waals surface area contributed by atoms with Crippen LogP contribution in [0.2, 0.25) is 0 Å². The molecule has 0 saturated carbocycles. The second-order valence-corrected chi connectivity index (χ2v) is 4.57. The third kappa shape index (κ3) is 9.75. The van der Waals surface area contributed by atoms with Gasteiger partial charge in [-0.25, -0.2) is 0 Å². The number of hydrogen-bond donors (Lipinski definition) is 1. The van der Waals surface area contributed by atoms with E-state index in [-0.39, 0.29) is 12.8 Å². The molecule has 118 valence electrons. The summed E-state index contributed by atoms with van der Waals surface area (Å²) in [5.41, 5.74) is 0. The Morgan fingerprint density at radius 1 is 1.05 bits per heavy atom. The fourth-order valence-electron chi connectivity index (χ4n) is 1.57. The number of hydrogen-bond acceptors (Lipinski definition) is 5. The van der Waals surface area contributed by atoms with Crippen LogP contribution in [0.1, 0.15) is 59.3 Å². The summed E-state index contributed by atoms with van der Waals surface area (Å²) < 4.78 is 16.0. The second kappa shape index (κ2) is 10.6. The van der Waals surface area contributed by atoms with Gasteiger partial charge in [0, 0.05) is 19.8 Å². The molecule has 6 heteroatoms. The first kappa shape index (κ1) is 18.9. The lowest BCUT2D eigenvalue weighted by atomic mass is 10.2. The first-order valence-corrected chi connectivity index (χ1v) is 7.15. The predicted molar refractivity (Wildman–Crippen MR) is 73.1 cm³/mol. The highest BCUT2D eigenvalue weighted by molar-refractivity contribution is 5.70. The summed E-state index contributed by atoms with van der Waals surface area (Å²) in [6.45, 7) is 6.23. The van der Waals surface area contributed by atoms with Crippen LogP contribution in [0.15, 0.2) is 0 Å². The summed E-state index contributed by atoms with van der Waals surface area (Å²) in [7, 11) is 0. The lowest BCUT2D eigenvalue weighted by Gasteiger charge is -2.28. The Morgan fingerprint density at radius 2 is 1.70 bits per heavy atom. The van der Waals surface area contributed by atoms with Gasteiger partial charge in [0.25, 0.3) is 0 Å². The number of rotatable bonds is 12. The number of esters is 1. The molecule has 0 rings (SSSR count). The number of carbonyl (C=O) groups is 2. The van der Waals surface area contributed by atoms with Gasteiger partial charge in [-0.2, -0.15) is 0 Å². The van der Waals surface area contributed by atoms with Crippen LogP contribution in [0.5, 0.6) is 0 Å². The van der Waals surface area contributed by atoms with Crippen molar-refractivity contribution in [2.75, 3.05) is 13.2 Å². The van der Waals surface area contributed by atoms with Gasteiger partial charge in [-0.05, 0) is 26.2 Å². The van der Waals surface area contributed by atoms with Gasteiger partial charge in [-0.1, -0.05) is 13.3 Å². The fraction of sp³-hybridized carbons (Fsp3) is 0.857. The molecule has 0 fully saturated rings. The second-order valence-electron chi connectivity index (χ2n) is 4.57. The van der Waals surface area contributed by atoms with Crippen molar-refractivity contribution in [1.82, 2.24) is 0 Å². The Kier molecular flexibility index (Phi) is 10.0. The molecule has 6 nitrogen and oxygen atoms in total. The summed E-state index contributed by atoms with van der Waals surface area (Å²) in [5, 5.41) is 8.50. The zero-order valence-electron chi connectivity index (χ0n) is 12.6. The molecule has 0 aromatic rings. The number of carbonyl (C=O) groups excluding carboxylic acids is 1. The molecule has 1 atom stereocenters. The van der Waals surface area contributed by atoms with Gasteiger partial charge in [0.05, 0.1) is 13.2 Å². The third-order valence-corrected chi connectivity index (χ3v) is 2.59. The SMILES string of the molecule is CCCCOC(C)(OCC)OC(=O)CCCCC(=O)O. The van der Waals surface area contributed by atoms with Gasteiger partial charge in [0.2, 0.25) is 0 Å². The average molecular weight is 290 g/mol. The van der Waals surface area contributed by atoms with E-state index >= 15 is 0 Å². The van der Waals surface area contributed by atoms with E-state index in [1.165, 1.54) is 0 Å². The van der Waals surface area contributed by atoms with Crippen molar-refractivity contribution in [3.8, 4) is 0 Å². The van der Waals surface area contributed by atoms with E-state index < -0.39 is 17.9 Å². The Hall–Kier alpha value is -1.14. The third-order valence-electron chi connectivity index (χ3n) is 2.59. The van der Waals surface area contributed by atoms with Gasteiger partial charge in [0.1, 0.15) is 0 Å². The van der Waals surface area contributed by atoms with E-state index in [0.717, 1.165) is 12.8 Å². The Balaban J connectivity index is 4.08. The molecule has 0 bridgehead atoms. The van der Waals surface area contributed by atoms with Crippen molar-refractivity contribution in [3.05, 3.63) is 0 Å². The number of carboxylic acid groups (broad SMARTS) is 1. The van der Waals surface area contributed by atoms with Crippen LogP contribution in [-0.2, 0) is 23.8 Å². The van der Waals surface area contributed by atoms with E-state index in [2.05, 4.69) is 0 Å². The molecule has 0 radical (unpaired) electrons. The van der Waals surface area contributed by atoms with Crippen molar-refractivity contribution < 1.29 is 28.9 Å². The maximum atomic E-state index is 11.7. The molecule has 0 aromatic carbocycles. The first-order chi connectivity index (χ1) is 9.43. The molecule has 1 unspecified atom stereocenters. The number of ether oxygens (including phenoxy) is 3. The fourth-order valence-corrected chi connectivity index (χ4v) is 1.57. The monoisotopic (exact) mass is 290 g/mol. The van der Waals surface area contributed by atoms with Crippen LogP contribution in [0.3, 0.4) is 0 Å². The highest BCUT2D eigenvalue weighted by Gasteiger charge is 2.30. The van der Waals surface area contributed by atoms with E-state index in [9.17, 15) is 9.59 Å². The maximum Gasteiger partial charge on any atom is 0.326 e. The topological polar surface area (TPSA) is 82.1 Å². The molecule has 0 spiro atoms. The van der Waals surface area contributed by atoms with E-state index in [4.69, 9.17) is 19.3 Å². The molecule has 0 aliphatic rings. The van der Waals surface area contributed by atoms with Gasteiger partial charge in [0.15, 0.2) is 0 Å². The minimum atomic E-state index is -1.35. The molecule has 0 aliphatic carbocycles. The van der Waals surface area contributed by atoms with Crippen LogP contribution in [-0.4, -0.2) is 36.2 Å². The highest BCUT2D eigenvalue weighted by atomic mass is 16.9. The molecule has 1 N–H and O–H groups in total. The average Bonchev–Trinajstić information content (AvgIpc) is 2.35. The molecular weight excluding hydrogens is 264 g/mol. The van der Waals surface area contributed by atoms with Crippen LogP contribution in [0, 0.1) is 0 Å². The molecule has 0 aromatic heterocycles. The lowest BCUT2D eigenvalue weighted by molar-refractivity contribution is -0.351. The van der Waals surface area contributed by atoms with Gasteiger partial charge in [-0.15, -0.1) is 0 Å². The zero-order chi connectivity index (χ0) is 15.4. The van der Waals surface area contributed by atoms with Crippen LogP contribution in [0.25, 0.3) is 0 Å². The number of carboxylic acids is 1. The van der Waals surface area contributed by atoms with Gasteiger partial charge < -0.3 is 19.3 Å². The van der Waals surface area contributed by atoms with Crippen LogP contribution in [0.4, 0.5) is 0 Å². The van der Waals surface area contributed by atoms with E-state index in [1.54, 1.807) is 13.8 Å². The molecular formula is C14H26O6. The first-order valence-electron chi connectivity index (χ1n) is 7.15. The molecule has 20 heavy (non-hydrogen) atoms. The van der Waals surface area contributed by atoms with Crippen molar-refractivity contribution in [1.29, 1.82) is 0 Å². The van der Waals surface area contributed by atoms with Gasteiger partial charge in [-0.3, -0.25) is 9.59 Å². The summed E-state index contributed by atoms with van der Waals surface area (Å²) in [6.07, 6.45) is 2.98. The molecule has 0 heterocycles. The summed E-state index contributed by atoms with van der Waals surface area (Å²) in [6, 6.07) is 0. The van der Waals surface area contributed by atoms with Crippen molar-refractivity contribution in [2.24, 2.45) is 0 Å². The standard InChI is InChI=1S/C14H26O6/c1-4-6-11-19-14(3,18-5-2)20-13(17)10-8-7-9-12(15)16/h4-11H2,1-3H3,(H,15,16).